The van der Waals surface area contributed by atoms with E-state index in [4.69, 9.17) is 9.47 Å². The fraction of sp³-hybridized carbons (Fsp3) is 0.357. The second-order valence-electron chi connectivity index (χ2n) is 8.77. The predicted octanol–water partition coefficient (Wildman–Crippen LogP) is 5.45. The van der Waals surface area contributed by atoms with Crippen LogP contribution in [0.3, 0.4) is 0 Å². The maximum absolute atomic E-state index is 10.5. The summed E-state index contributed by atoms with van der Waals surface area (Å²) in [6.45, 7) is 5.29. The van der Waals surface area contributed by atoms with Crippen molar-refractivity contribution in [2.45, 2.75) is 31.8 Å². The number of hydrogen-bond donors (Lipinski definition) is 2. The highest BCUT2D eigenvalue weighted by molar-refractivity contribution is 5.53. The number of nitrogens with one attached hydrogen (secondary N) is 1. The van der Waals surface area contributed by atoms with Crippen LogP contribution in [0.5, 0.6) is 17.2 Å². The number of benzene rings is 3. The quantitative estimate of drug-likeness (QED) is 0.458. The molecule has 4 rings (SSSR count). The van der Waals surface area contributed by atoms with Gasteiger partial charge in [0.2, 0.25) is 0 Å². The Bertz CT molecular complexity index is 999. The molecule has 1 heterocycles. The molecule has 33 heavy (non-hydrogen) atoms. The van der Waals surface area contributed by atoms with Gasteiger partial charge in [0.05, 0.1) is 13.2 Å². The number of anilines is 1. The van der Waals surface area contributed by atoms with E-state index in [-0.39, 0.29) is 0 Å². The molecule has 1 aliphatic rings. The van der Waals surface area contributed by atoms with Crippen LogP contribution >= 0.6 is 0 Å². The number of nitrogens with zero attached hydrogens (tertiary/aromatic N) is 1. The molecule has 0 unspecified atom stereocenters. The Kier molecular flexibility index (Phi) is 7.87. The van der Waals surface area contributed by atoms with E-state index >= 15 is 0 Å². The molecule has 1 aliphatic heterocycles. The molecule has 1 fully saturated rings. The Morgan fingerprint density at radius 3 is 2.27 bits per heavy atom. The van der Waals surface area contributed by atoms with Crippen LogP contribution in [0.1, 0.15) is 29.9 Å². The average molecular weight is 447 g/mol. The van der Waals surface area contributed by atoms with E-state index in [1.165, 1.54) is 5.56 Å². The maximum atomic E-state index is 10.5. The van der Waals surface area contributed by atoms with Gasteiger partial charge in [-0.15, -0.1) is 0 Å². The number of para-hydroxylation sites is 1. The highest BCUT2D eigenvalue weighted by Crippen LogP contribution is 2.30. The third-order valence-corrected chi connectivity index (χ3v) is 6.35. The highest BCUT2D eigenvalue weighted by Gasteiger charge is 2.22. The van der Waals surface area contributed by atoms with E-state index in [0.29, 0.717) is 19.0 Å². The van der Waals surface area contributed by atoms with E-state index in [9.17, 15) is 5.11 Å². The molecule has 0 amide bonds. The van der Waals surface area contributed by atoms with Gasteiger partial charge in [0.1, 0.15) is 17.2 Å². The lowest BCUT2D eigenvalue weighted by atomic mass is 9.89. The van der Waals surface area contributed by atoms with Crippen molar-refractivity contribution >= 4 is 5.69 Å². The van der Waals surface area contributed by atoms with Crippen LogP contribution in [-0.4, -0.2) is 49.4 Å². The molecule has 0 aromatic heterocycles. The first kappa shape index (κ1) is 23.1. The number of likely N-dealkylation sites (tertiary alicyclic amines) is 1. The molecule has 5 heteroatoms. The summed E-state index contributed by atoms with van der Waals surface area (Å²) in [6.07, 6.45) is 1.81. The van der Waals surface area contributed by atoms with Gasteiger partial charge in [-0.25, -0.2) is 0 Å². The summed E-state index contributed by atoms with van der Waals surface area (Å²) in [5.41, 5.74) is 3.52. The van der Waals surface area contributed by atoms with Crippen LogP contribution in [0.15, 0.2) is 72.8 Å². The summed E-state index contributed by atoms with van der Waals surface area (Å²) in [5, 5.41) is 13.9. The fourth-order valence-corrected chi connectivity index (χ4v) is 4.43. The molecule has 0 bridgehead atoms. The van der Waals surface area contributed by atoms with Crippen molar-refractivity contribution in [3.63, 3.8) is 0 Å². The van der Waals surface area contributed by atoms with Gasteiger partial charge in [0.25, 0.3) is 0 Å². The summed E-state index contributed by atoms with van der Waals surface area (Å²) in [7, 11) is 1.67. The number of piperidine rings is 1. The van der Waals surface area contributed by atoms with Crippen LogP contribution in [0, 0.1) is 6.92 Å². The van der Waals surface area contributed by atoms with Crippen molar-refractivity contribution in [3.05, 3.63) is 83.9 Å². The Morgan fingerprint density at radius 2 is 1.61 bits per heavy atom. The zero-order valence-electron chi connectivity index (χ0n) is 19.5. The van der Waals surface area contributed by atoms with Gasteiger partial charge >= 0.3 is 0 Å². The largest absolute Gasteiger partial charge is 0.497 e. The van der Waals surface area contributed by atoms with Gasteiger partial charge in [-0.2, -0.15) is 0 Å². The first-order valence-corrected chi connectivity index (χ1v) is 11.7. The third kappa shape index (κ3) is 6.50. The number of hydrogen-bond acceptors (Lipinski definition) is 5. The minimum atomic E-state index is -0.405. The standard InChI is InChI=1S/C28H34N2O3/c1-21-18-27(32-2)12-13-28(21)29-19-24(31)20-30-16-14-23(15-17-30)22-8-10-26(11-9-22)33-25-6-4-3-5-7-25/h3-13,18,23-24,29,31H,14-17,19-20H2,1-2H3/t24-/m0/s1. The normalized spacial score (nSPS) is 15.7. The predicted molar refractivity (Wildman–Crippen MR) is 134 cm³/mol. The molecular weight excluding hydrogens is 412 g/mol. The molecular formula is C28H34N2O3. The maximum Gasteiger partial charge on any atom is 0.127 e. The lowest BCUT2D eigenvalue weighted by Crippen LogP contribution is -2.40. The number of methoxy groups -OCH3 is 1. The zero-order chi connectivity index (χ0) is 23.0. The van der Waals surface area contributed by atoms with Crippen LogP contribution in [0.2, 0.25) is 0 Å². The molecule has 2 N–H and O–H groups in total. The number of ether oxygens (including phenoxy) is 2. The molecule has 3 aromatic rings. The molecule has 1 saturated heterocycles. The van der Waals surface area contributed by atoms with Gasteiger partial charge in [-0.05, 0) is 92.4 Å². The van der Waals surface area contributed by atoms with Gasteiger partial charge in [-0.3, -0.25) is 0 Å². The van der Waals surface area contributed by atoms with Crippen molar-refractivity contribution in [2.24, 2.45) is 0 Å². The molecule has 0 saturated carbocycles. The molecule has 174 valence electrons. The summed E-state index contributed by atoms with van der Waals surface area (Å²) in [6, 6.07) is 24.3. The lowest BCUT2D eigenvalue weighted by molar-refractivity contribution is 0.105. The Balaban J connectivity index is 1.21. The van der Waals surface area contributed by atoms with E-state index in [2.05, 4.69) is 34.5 Å². The number of aliphatic hydroxyl groups excluding tert-OH is 1. The minimum Gasteiger partial charge on any atom is -0.497 e. The summed E-state index contributed by atoms with van der Waals surface area (Å²) >= 11 is 0. The van der Waals surface area contributed by atoms with Crippen molar-refractivity contribution in [1.82, 2.24) is 4.90 Å². The topological polar surface area (TPSA) is 54.0 Å². The van der Waals surface area contributed by atoms with E-state index in [1.807, 2.05) is 55.5 Å². The van der Waals surface area contributed by atoms with Gasteiger partial charge in [0.15, 0.2) is 0 Å². The van der Waals surface area contributed by atoms with Crippen molar-refractivity contribution in [3.8, 4) is 17.2 Å². The van der Waals surface area contributed by atoms with Gasteiger partial charge in [-0.1, -0.05) is 30.3 Å². The van der Waals surface area contributed by atoms with E-state index in [1.54, 1.807) is 7.11 Å². The molecule has 0 radical (unpaired) electrons. The lowest BCUT2D eigenvalue weighted by Gasteiger charge is -2.33. The van der Waals surface area contributed by atoms with Gasteiger partial charge < -0.3 is 24.8 Å². The van der Waals surface area contributed by atoms with Crippen LogP contribution < -0.4 is 14.8 Å². The number of aryl methyl sites for hydroxylation is 1. The molecule has 3 aromatic carbocycles. The first-order valence-electron chi connectivity index (χ1n) is 11.7. The zero-order valence-corrected chi connectivity index (χ0v) is 19.5. The first-order chi connectivity index (χ1) is 16.1. The van der Waals surface area contributed by atoms with E-state index < -0.39 is 6.10 Å². The fourth-order valence-electron chi connectivity index (χ4n) is 4.43. The summed E-state index contributed by atoms with van der Waals surface area (Å²) < 4.78 is 11.2. The Morgan fingerprint density at radius 1 is 0.939 bits per heavy atom. The van der Waals surface area contributed by atoms with Crippen molar-refractivity contribution < 1.29 is 14.6 Å². The molecule has 0 spiro atoms. The minimum absolute atomic E-state index is 0.405. The number of aliphatic hydroxyl groups is 1. The molecule has 5 nitrogen and oxygen atoms in total. The summed E-state index contributed by atoms with van der Waals surface area (Å²) in [4.78, 5) is 2.37. The smallest absolute Gasteiger partial charge is 0.127 e. The monoisotopic (exact) mass is 446 g/mol. The van der Waals surface area contributed by atoms with Crippen molar-refractivity contribution in [1.29, 1.82) is 0 Å². The SMILES string of the molecule is COc1ccc(NC[C@H](O)CN2CCC(c3ccc(Oc4ccccc4)cc3)CC2)c(C)c1. The Labute approximate surface area is 197 Å². The number of rotatable bonds is 9. The second kappa shape index (κ2) is 11.2. The third-order valence-electron chi connectivity index (χ3n) is 6.35. The molecule has 1 atom stereocenters. The van der Waals surface area contributed by atoms with Crippen LogP contribution in [0.4, 0.5) is 5.69 Å². The molecule has 0 aliphatic carbocycles. The van der Waals surface area contributed by atoms with Crippen molar-refractivity contribution in [2.75, 3.05) is 38.6 Å². The number of β-amino-alcohol motifs (C(OH)–C–C–N with tert-alkyl or cyclic N) is 1. The van der Waals surface area contributed by atoms with Crippen LogP contribution in [-0.2, 0) is 0 Å². The average Bonchev–Trinajstić information content (AvgIpc) is 2.85. The Hall–Kier alpha value is -3.02. The second-order valence-corrected chi connectivity index (χ2v) is 8.77. The van der Waals surface area contributed by atoms with Crippen LogP contribution in [0.25, 0.3) is 0 Å². The van der Waals surface area contributed by atoms with Gasteiger partial charge in [0, 0.05) is 18.8 Å². The highest BCUT2D eigenvalue weighted by atomic mass is 16.5. The van der Waals surface area contributed by atoms with E-state index in [0.717, 1.165) is 54.4 Å². The summed E-state index contributed by atoms with van der Waals surface area (Å²) in [5.74, 6) is 3.13.